The largest absolute Gasteiger partial charge is 0.354 e. The molecule has 1 amide bonds. The second-order valence-electron chi connectivity index (χ2n) is 4.43. The minimum atomic E-state index is 0.0750. The van der Waals surface area contributed by atoms with Crippen molar-refractivity contribution in [3.8, 4) is 0 Å². The molecule has 5 heteroatoms. The highest BCUT2D eigenvalue weighted by atomic mass is 16.2. The minimum absolute atomic E-state index is 0.0750. The van der Waals surface area contributed by atoms with E-state index in [9.17, 15) is 4.79 Å². The van der Waals surface area contributed by atoms with Gasteiger partial charge in [0.25, 0.3) is 0 Å². The van der Waals surface area contributed by atoms with Gasteiger partial charge >= 0.3 is 0 Å². The molecule has 2 rings (SSSR count). The van der Waals surface area contributed by atoms with Crippen LogP contribution in [0.1, 0.15) is 18.9 Å². The maximum atomic E-state index is 11.5. The monoisotopic (exact) mass is 248 g/mol. The van der Waals surface area contributed by atoms with Gasteiger partial charge in [-0.2, -0.15) is 0 Å². The summed E-state index contributed by atoms with van der Waals surface area (Å²) in [6.45, 7) is 5.90. The topological polar surface area (TPSA) is 57.3 Å². The molecule has 0 atom stereocenters. The fourth-order valence-corrected chi connectivity index (χ4v) is 1.98. The number of amides is 1. The van der Waals surface area contributed by atoms with Crippen molar-refractivity contribution < 1.29 is 4.79 Å². The zero-order valence-electron chi connectivity index (χ0n) is 10.8. The van der Waals surface area contributed by atoms with Crippen LogP contribution in [0, 0.1) is 0 Å². The van der Waals surface area contributed by atoms with E-state index in [1.807, 2.05) is 17.2 Å². The average molecular weight is 248 g/mol. The number of hydrogen-bond acceptors (Lipinski definition) is 4. The molecule has 1 saturated heterocycles. The molecule has 1 aromatic rings. The first-order valence-electron chi connectivity index (χ1n) is 6.47. The van der Waals surface area contributed by atoms with E-state index in [0.29, 0.717) is 6.54 Å². The van der Waals surface area contributed by atoms with Gasteiger partial charge in [0, 0.05) is 25.8 Å². The SMILES string of the molecule is CCNCc1ccc(N2CCCNC(=O)C2)nc1. The van der Waals surface area contributed by atoms with E-state index >= 15 is 0 Å². The van der Waals surface area contributed by atoms with Crippen molar-refractivity contribution in [1.29, 1.82) is 0 Å². The summed E-state index contributed by atoms with van der Waals surface area (Å²) in [4.78, 5) is 17.9. The molecule has 18 heavy (non-hydrogen) atoms. The van der Waals surface area contributed by atoms with Gasteiger partial charge < -0.3 is 15.5 Å². The van der Waals surface area contributed by atoms with Crippen LogP contribution in [0.2, 0.25) is 0 Å². The Morgan fingerprint density at radius 3 is 3.11 bits per heavy atom. The number of nitrogens with zero attached hydrogens (tertiary/aromatic N) is 2. The molecular formula is C13H20N4O. The predicted molar refractivity (Wildman–Crippen MR) is 71.5 cm³/mol. The lowest BCUT2D eigenvalue weighted by Gasteiger charge is -2.20. The molecule has 0 aromatic carbocycles. The molecule has 2 N–H and O–H groups in total. The normalized spacial score (nSPS) is 16.3. The van der Waals surface area contributed by atoms with Crippen LogP contribution in [0.25, 0.3) is 0 Å². The van der Waals surface area contributed by atoms with Crippen molar-refractivity contribution in [1.82, 2.24) is 15.6 Å². The highest BCUT2D eigenvalue weighted by molar-refractivity contribution is 5.81. The zero-order valence-corrected chi connectivity index (χ0v) is 10.8. The lowest BCUT2D eigenvalue weighted by atomic mass is 10.2. The van der Waals surface area contributed by atoms with Gasteiger partial charge in [-0.15, -0.1) is 0 Å². The third kappa shape index (κ3) is 3.43. The molecule has 5 nitrogen and oxygen atoms in total. The van der Waals surface area contributed by atoms with Crippen LogP contribution < -0.4 is 15.5 Å². The number of rotatable bonds is 4. The Hall–Kier alpha value is -1.62. The summed E-state index contributed by atoms with van der Waals surface area (Å²) in [5.41, 5.74) is 1.17. The van der Waals surface area contributed by atoms with Crippen LogP contribution >= 0.6 is 0 Å². The number of carbonyl (C=O) groups excluding carboxylic acids is 1. The van der Waals surface area contributed by atoms with E-state index in [0.717, 1.165) is 38.4 Å². The van der Waals surface area contributed by atoms with E-state index in [2.05, 4.69) is 28.6 Å². The molecule has 2 heterocycles. The first-order valence-corrected chi connectivity index (χ1v) is 6.47. The Bertz CT molecular complexity index is 390. The van der Waals surface area contributed by atoms with Crippen molar-refractivity contribution >= 4 is 11.7 Å². The summed E-state index contributed by atoms with van der Waals surface area (Å²) in [6, 6.07) is 4.05. The molecular weight excluding hydrogens is 228 g/mol. The number of anilines is 1. The lowest BCUT2D eigenvalue weighted by molar-refractivity contribution is -0.119. The number of nitrogens with one attached hydrogen (secondary N) is 2. The Morgan fingerprint density at radius 2 is 2.39 bits per heavy atom. The first-order chi connectivity index (χ1) is 8.79. The molecule has 0 aliphatic carbocycles. The molecule has 0 saturated carbocycles. The lowest BCUT2D eigenvalue weighted by Crippen LogP contribution is -2.33. The minimum Gasteiger partial charge on any atom is -0.354 e. The van der Waals surface area contributed by atoms with E-state index in [1.165, 1.54) is 5.56 Å². The van der Waals surface area contributed by atoms with Gasteiger partial charge in [0.15, 0.2) is 0 Å². The van der Waals surface area contributed by atoms with Crippen molar-refractivity contribution in [3.63, 3.8) is 0 Å². The van der Waals surface area contributed by atoms with Crippen molar-refractivity contribution in [2.45, 2.75) is 19.9 Å². The van der Waals surface area contributed by atoms with E-state index in [1.54, 1.807) is 0 Å². The van der Waals surface area contributed by atoms with E-state index < -0.39 is 0 Å². The Labute approximate surface area is 108 Å². The summed E-state index contributed by atoms with van der Waals surface area (Å²) in [7, 11) is 0. The van der Waals surface area contributed by atoms with Crippen LogP contribution in [0.15, 0.2) is 18.3 Å². The maximum Gasteiger partial charge on any atom is 0.239 e. The predicted octanol–water partition coefficient (Wildman–Crippen LogP) is 0.517. The summed E-state index contributed by atoms with van der Waals surface area (Å²) in [6.07, 6.45) is 2.84. The summed E-state index contributed by atoms with van der Waals surface area (Å²) >= 11 is 0. The second-order valence-corrected chi connectivity index (χ2v) is 4.43. The average Bonchev–Trinajstić information content (AvgIpc) is 2.62. The summed E-state index contributed by atoms with van der Waals surface area (Å²) in [5, 5.41) is 6.13. The van der Waals surface area contributed by atoms with Crippen LogP contribution in [-0.4, -0.2) is 37.1 Å². The zero-order chi connectivity index (χ0) is 12.8. The molecule has 0 bridgehead atoms. The third-order valence-electron chi connectivity index (χ3n) is 2.97. The fourth-order valence-electron chi connectivity index (χ4n) is 1.98. The molecule has 1 fully saturated rings. The van der Waals surface area contributed by atoms with Crippen molar-refractivity contribution in [2.24, 2.45) is 0 Å². The van der Waals surface area contributed by atoms with Gasteiger partial charge in [-0.25, -0.2) is 4.98 Å². The Morgan fingerprint density at radius 1 is 1.50 bits per heavy atom. The standard InChI is InChI=1S/C13H20N4O/c1-2-14-8-11-4-5-12(16-9-11)17-7-3-6-15-13(18)10-17/h4-5,9,14H,2-3,6-8,10H2,1H3,(H,15,18). The van der Waals surface area contributed by atoms with Gasteiger partial charge in [0.2, 0.25) is 5.91 Å². The van der Waals surface area contributed by atoms with Crippen LogP contribution in [0.3, 0.4) is 0 Å². The molecule has 1 aliphatic rings. The van der Waals surface area contributed by atoms with E-state index in [4.69, 9.17) is 0 Å². The van der Waals surface area contributed by atoms with Crippen LogP contribution in [0.4, 0.5) is 5.82 Å². The quantitative estimate of drug-likeness (QED) is 0.815. The Kier molecular flexibility index (Phi) is 4.52. The number of hydrogen-bond donors (Lipinski definition) is 2. The van der Waals surface area contributed by atoms with Gasteiger partial charge in [-0.3, -0.25) is 4.79 Å². The van der Waals surface area contributed by atoms with Gasteiger partial charge in [-0.1, -0.05) is 13.0 Å². The smallest absolute Gasteiger partial charge is 0.239 e. The van der Waals surface area contributed by atoms with E-state index in [-0.39, 0.29) is 5.91 Å². The molecule has 0 unspecified atom stereocenters. The van der Waals surface area contributed by atoms with Crippen LogP contribution in [0.5, 0.6) is 0 Å². The fraction of sp³-hybridized carbons (Fsp3) is 0.538. The molecule has 0 spiro atoms. The van der Waals surface area contributed by atoms with Crippen molar-refractivity contribution in [2.75, 3.05) is 31.1 Å². The highest BCUT2D eigenvalue weighted by Crippen LogP contribution is 2.12. The third-order valence-corrected chi connectivity index (χ3v) is 2.97. The summed E-state index contributed by atoms with van der Waals surface area (Å²) in [5.74, 6) is 0.957. The maximum absolute atomic E-state index is 11.5. The first kappa shape index (κ1) is 12.8. The second kappa shape index (κ2) is 6.35. The number of carbonyl (C=O) groups is 1. The van der Waals surface area contributed by atoms with Crippen molar-refractivity contribution in [3.05, 3.63) is 23.9 Å². The summed E-state index contributed by atoms with van der Waals surface area (Å²) < 4.78 is 0. The molecule has 0 radical (unpaired) electrons. The number of aromatic nitrogens is 1. The molecule has 98 valence electrons. The molecule has 1 aromatic heterocycles. The van der Waals surface area contributed by atoms with Gasteiger partial charge in [-0.05, 0) is 24.6 Å². The van der Waals surface area contributed by atoms with Gasteiger partial charge in [0.05, 0.1) is 6.54 Å². The van der Waals surface area contributed by atoms with Gasteiger partial charge in [0.1, 0.15) is 5.82 Å². The Balaban J connectivity index is 2.01. The van der Waals surface area contributed by atoms with Crippen LogP contribution in [-0.2, 0) is 11.3 Å². The number of pyridine rings is 1. The molecule has 1 aliphatic heterocycles. The highest BCUT2D eigenvalue weighted by Gasteiger charge is 2.15.